The van der Waals surface area contributed by atoms with Crippen LogP contribution in [0.3, 0.4) is 0 Å². The van der Waals surface area contributed by atoms with Gasteiger partial charge in [-0.25, -0.2) is 0 Å². The predicted molar refractivity (Wildman–Crippen MR) is 126 cm³/mol. The van der Waals surface area contributed by atoms with Gasteiger partial charge in [-0.1, -0.05) is 18.5 Å². The van der Waals surface area contributed by atoms with Gasteiger partial charge in [0.05, 0.1) is 26.4 Å². The maximum absolute atomic E-state index is 12.6. The largest absolute Gasteiger partial charge is 0.496 e. The maximum atomic E-state index is 12.6. The highest BCUT2D eigenvalue weighted by molar-refractivity contribution is 6.24. The van der Waals surface area contributed by atoms with Gasteiger partial charge in [0.25, 0.3) is 0 Å². The van der Waals surface area contributed by atoms with Crippen molar-refractivity contribution in [2.45, 2.75) is 51.8 Å². The summed E-state index contributed by atoms with van der Waals surface area (Å²) in [5.41, 5.74) is 3.01. The Morgan fingerprint density at radius 1 is 1.15 bits per heavy atom. The number of hydrogen-bond donors (Lipinski definition) is 2. The van der Waals surface area contributed by atoms with Crippen molar-refractivity contribution < 1.29 is 24.6 Å². The van der Waals surface area contributed by atoms with E-state index in [9.17, 15) is 15.1 Å². The van der Waals surface area contributed by atoms with Gasteiger partial charge >= 0.3 is 0 Å². The van der Waals surface area contributed by atoms with Crippen molar-refractivity contribution >= 4 is 33.2 Å². The van der Waals surface area contributed by atoms with Crippen LogP contribution in [0, 0.1) is 0 Å². The number of amides is 1. The molecule has 2 N–H and O–H groups in total. The topological polar surface area (TPSA) is 91.6 Å². The SMILES string of the molecule is CCCCOc1ccc2c3c(c4cc(OC)c(CO)cc4c2c1)CN1C(=O)CC[C@H]1C3=NO. The number of oxime groups is 1. The molecule has 5 rings (SSSR count). The van der Waals surface area contributed by atoms with E-state index in [-0.39, 0.29) is 18.6 Å². The number of fused-ring (bicyclic) bond motifs is 7. The second kappa shape index (κ2) is 8.56. The molecule has 2 aliphatic heterocycles. The lowest BCUT2D eigenvalue weighted by Gasteiger charge is -2.34. The van der Waals surface area contributed by atoms with Crippen LogP contribution in [0.4, 0.5) is 0 Å². The second-order valence-corrected chi connectivity index (χ2v) is 8.69. The molecule has 3 aromatic carbocycles. The van der Waals surface area contributed by atoms with Gasteiger partial charge in [-0.3, -0.25) is 4.79 Å². The smallest absolute Gasteiger partial charge is 0.223 e. The summed E-state index contributed by atoms with van der Waals surface area (Å²) in [5.74, 6) is 1.42. The Kier molecular flexibility index (Phi) is 5.58. The molecule has 33 heavy (non-hydrogen) atoms. The zero-order chi connectivity index (χ0) is 23.1. The Bertz CT molecular complexity index is 1280. The molecule has 7 heteroatoms. The summed E-state index contributed by atoms with van der Waals surface area (Å²) >= 11 is 0. The van der Waals surface area contributed by atoms with Gasteiger partial charge < -0.3 is 24.7 Å². The van der Waals surface area contributed by atoms with Gasteiger partial charge in [0.2, 0.25) is 5.91 Å². The lowest BCUT2D eigenvalue weighted by Crippen LogP contribution is -2.43. The fourth-order valence-corrected chi connectivity index (χ4v) is 5.22. The minimum atomic E-state index is -0.227. The zero-order valence-corrected chi connectivity index (χ0v) is 18.9. The van der Waals surface area contributed by atoms with E-state index in [0.29, 0.717) is 43.0 Å². The summed E-state index contributed by atoms with van der Waals surface area (Å²) in [5, 5.41) is 27.5. The van der Waals surface area contributed by atoms with E-state index < -0.39 is 0 Å². The van der Waals surface area contributed by atoms with Gasteiger partial charge in [-0.15, -0.1) is 0 Å². The summed E-state index contributed by atoms with van der Waals surface area (Å²) in [6, 6.07) is 9.61. The number of rotatable bonds is 6. The van der Waals surface area contributed by atoms with Crippen molar-refractivity contribution in [2.75, 3.05) is 13.7 Å². The third kappa shape index (κ3) is 3.38. The van der Waals surface area contributed by atoms with Gasteiger partial charge in [0.15, 0.2) is 0 Å². The molecule has 0 aromatic heterocycles. The zero-order valence-electron chi connectivity index (χ0n) is 18.9. The number of methoxy groups -OCH3 is 1. The van der Waals surface area contributed by atoms with Gasteiger partial charge in [0, 0.05) is 24.1 Å². The molecule has 0 bridgehead atoms. The molecule has 0 radical (unpaired) electrons. The standard InChI is InChI=1S/C26H28N2O5/c1-3-4-9-33-16-5-6-17-19(11-16)18-10-15(14-29)23(32-2)12-20(18)21-13-28-22(7-8-24(28)30)26(27-31)25(17)21/h5-6,10-12,22,29,31H,3-4,7-9,13-14H2,1-2H3/t22-/m0/s1. The van der Waals surface area contributed by atoms with E-state index >= 15 is 0 Å². The van der Waals surface area contributed by atoms with Crippen LogP contribution in [0.15, 0.2) is 35.5 Å². The highest BCUT2D eigenvalue weighted by Crippen LogP contribution is 2.43. The van der Waals surface area contributed by atoms with Crippen molar-refractivity contribution in [1.82, 2.24) is 4.90 Å². The quantitative estimate of drug-likeness (QED) is 0.253. The van der Waals surface area contributed by atoms with Crippen LogP contribution in [0.5, 0.6) is 11.5 Å². The van der Waals surface area contributed by atoms with Crippen molar-refractivity contribution in [3.63, 3.8) is 0 Å². The number of ether oxygens (including phenoxy) is 2. The van der Waals surface area contributed by atoms with Crippen LogP contribution >= 0.6 is 0 Å². The Morgan fingerprint density at radius 3 is 2.70 bits per heavy atom. The van der Waals surface area contributed by atoms with Gasteiger partial charge in [-0.2, -0.15) is 0 Å². The third-order valence-corrected chi connectivity index (χ3v) is 6.87. The minimum absolute atomic E-state index is 0.0682. The fraction of sp³-hybridized carbons (Fsp3) is 0.385. The molecule has 172 valence electrons. The van der Waals surface area contributed by atoms with E-state index in [2.05, 4.69) is 12.1 Å². The Balaban J connectivity index is 1.83. The summed E-state index contributed by atoms with van der Waals surface area (Å²) in [6.45, 7) is 3.06. The van der Waals surface area contributed by atoms with E-state index in [1.54, 1.807) is 12.0 Å². The molecular formula is C26H28N2O5. The molecule has 1 fully saturated rings. The number of aliphatic hydroxyl groups is 1. The Labute approximate surface area is 192 Å². The number of nitrogens with zero attached hydrogens (tertiary/aromatic N) is 2. The maximum Gasteiger partial charge on any atom is 0.223 e. The first-order valence-corrected chi connectivity index (χ1v) is 11.5. The first-order chi connectivity index (χ1) is 16.1. The molecule has 1 atom stereocenters. The summed E-state index contributed by atoms with van der Waals surface area (Å²) in [6.07, 6.45) is 3.11. The second-order valence-electron chi connectivity index (χ2n) is 8.69. The van der Waals surface area contributed by atoms with Crippen LogP contribution in [0.1, 0.15) is 49.3 Å². The Hall–Kier alpha value is -3.32. The highest BCUT2D eigenvalue weighted by Gasteiger charge is 2.41. The van der Waals surface area contributed by atoms with Crippen molar-refractivity contribution in [3.05, 3.63) is 47.0 Å². The van der Waals surface area contributed by atoms with Crippen LogP contribution in [0.2, 0.25) is 0 Å². The highest BCUT2D eigenvalue weighted by atomic mass is 16.5. The molecule has 3 aromatic rings. The molecule has 2 aliphatic rings. The number of hydrogen-bond acceptors (Lipinski definition) is 6. The van der Waals surface area contributed by atoms with E-state index in [0.717, 1.165) is 51.3 Å². The van der Waals surface area contributed by atoms with Crippen LogP contribution in [0.25, 0.3) is 21.5 Å². The summed E-state index contributed by atoms with van der Waals surface area (Å²) in [7, 11) is 1.58. The molecule has 7 nitrogen and oxygen atoms in total. The average Bonchev–Trinajstić information content (AvgIpc) is 3.22. The predicted octanol–water partition coefficient (Wildman–Crippen LogP) is 4.36. The lowest BCUT2D eigenvalue weighted by atomic mass is 9.83. The van der Waals surface area contributed by atoms with Crippen molar-refractivity contribution in [1.29, 1.82) is 0 Å². The minimum Gasteiger partial charge on any atom is -0.496 e. The molecule has 0 saturated carbocycles. The average molecular weight is 449 g/mol. The van der Waals surface area contributed by atoms with Crippen molar-refractivity contribution in [3.8, 4) is 11.5 Å². The first-order valence-electron chi connectivity index (χ1n) is 11.5. The number of aliphatic hydroxyl groups excluding tert-OH is 1. The molecule has 1 amide bonds. The molecule has 0 aliphatic carbocycles. The van der Waals surface area contributed by atoms with E-state index in [4.69, 9.17) is 9.47 Å². The first kappa shape index (κ1) is 21.5. The van der Waals surface area contributed by atoms with Crippen molar-refractivity contribution in [2.24, 2.45) is 5.16 Å². The van der Waals surface area contributed by atoms with E-state index in [1.165, 1.54) is 0 Å². The molecule has 2 heterocycles. The fourth-order valence-electron chi connectivity index (χ4n) is 5.22. The number of unbranched alkanes of at least 4 members (excludes halogenated alkanes) is 1. The van der Waals surface area contributed by atoms with Crippen LogP contribution in [-0.4, -0.2) is 46.6 Å². The van der Waals surface area contributed by atoms with Gasteiger partial charge in [0.1, 0.15) is 17.2 Å². The number of carbonyl (C=O) groups is 1. The normalized spacial score (nSPS) is 18.8. The monoisotopic (exact) mass is 448 g/mol. The molecule has 0 unspecified atom stereocenters. The van der Waals surface area contributed by atoms with Gasteiger partial charge in [-0.05, 0) is 70.3 Å². The summed E-state index contributed by atoms with van der Waals surface area (Å²) in [4.78, 5) is 14.4. The summed E-state index contributed by atoms with van der Waals surface area (Å²) < 4.78 is 11.5. The van der Waals surface area contributed by atoms with Crippen LogP contribution in [-0.2, 0) is 17.9 Å². The molecule has 1 saturated heterocycles. The van der Waals surface area contributed by atoms with E-state index in [1.807, 2.05) is 30.3 Å². The number of carbonyl (C=O) groups excluding carboxylic acids is 1. The third-order valence-electron chi connectivity index (χ3n) is 6.87. The molecular weight excluding hydrogens is 420 g/mol. The Morgan fingerprint density at radius 2 is 1.97 bits per heavy atom. The number of benzene rings is 3. The van der Waals surface area contributed by atoms with Crippen LogP contribution < -0.4 is 9.47 Å². The lowest BCUT2D eigenvalue weighted by molar-refractivity contribution is -0.128. The molecule has 0 spiro atoms.